The lowest BCUT2D eigenvalue weighted by Crippen LogP contribution is -2.43. The van der Waals surface area contributed by atoms with Gasteiger partial charge in [0.1, 0.15) is 0 Å². The molecule has 0 bridgehead atoms. The van der Waals surface area contributed by atoms with Crippen LogP contribution in [0.3, 0.4) is 0 Å². The normalized spacial score (nSPS) is 43.6. The summed E-state index contributed by atoms with van der Waals surface area (Å²) in [4.78, 5) is 0. The molecule has 0 saturated carbocycles. The molecular formula is C11H20O6. The topological polar surface area (TPSA) is 88.4 Å². The van der Waals surface area contributed by atoms with Crippen LogP contribution in [0.1, 0.15) is 19.3 Å². The zero-order chi connectivity index (χ0) is 12.3. The van der Waals surface area contributed by atoms with Gasteiger partial charge in [-0.15, -0.1) is 0 Å². The summed E-state index contributed by atoms with van der Waals surface area (Å²) in [5.41, 5.74) is 0. The first-order valence-corrected chi connectivity index (χ1v) is 6.03. The van der Waals surface area contributed by atoms with Gasteiger partial charge in [-0.05, 0) is 0 Å². The molecule has 5 atom stereocenters. The minimum absolute atomic E-state index is 0.124. The van der Waals surface area contributed by atoms with Crippen LogP contribution >= 0.6 is 0 Å². The lowest BCUT2D eigenvalue weighted by Gasteiger charge is -2.35. The molecule has 0 aliphatic carbocycles. The lowest BCUT2D eigenvalue weighted by molar-refractivity contribution is -0.254. The van der Waals surface area contributed by atoms with E-state index in [2.05, 4.69) is 0 Å². The summed E-state index contributed by atoms with van der Waals surface area (Å²) in [6.45, 7) is 0.644. The summed E-state index contributed by atoms with van der Waals surface area (Å²) < 4.78 is 16.3. The molecule has 17 heavy (non-hydrogen) atoms. The van der Waals surface area contributed by atoms with Crippen LogP contribution in [-0.2, 0) is 14.2 Å². The summed E-state index contributed by atoms with van der Waals surface area (Å²) in [6.07, 6.45) is -0.805. The average molecular weight is 248 g/mol. The third-order valence-electron chi connectivity index (χ3n) is 3.04. The van der Waals surface area contributed by atoms with E-state index in [0.717, 1.165) is 0 Å². The van der Waals surface area contributed by atoms with Crippen molar-refractivity contribution in [2.75, 3.05) is 19.8 Å². The molecule has 6 nitrogen and oxygen atoms in total. The Labute approximate surface area is 100 Å². The molecule has 2 fully saturated rings. The zero-order valence-electron chi connectivity index (χ0n) is 9.70. The van der Waals surface area contributed by atoms with Crippen molar-refractivity contribution < 1.29 is 29.5 Å². The van der Waals surface area contributed by atoms with Gasteiger partial charge in [-0.2, -0.15) is 0 Å². The lowest BCUT2D eigenvalue weighted by atomic mass is 10.1. The first-order chi connectivity index (χ1) is 8.17. The Balaban J connectivity index is 1.80. The van der Waals surface area contributed by atoms with Gasteiger partial charge in [0, 0.05) is 19.3 Å². The Bertz CT molecular complexity index is 236. The minimum atomic E-state index is -0.533. The van der Waals surface area contributed by atoms with Crippen LogP contribution in [0.4, 0.5) is 0 Å². The maximum atomic E-state index is 9.61. The van der Waals surface area contributed by atoms with Crippen LogP contribution in [-0.4, -0.2) is 65.8 Å². The second-order valence-electron chi connectivity index (χ2n) is 4.68. The van der Waals surface area contributed by atoms with Gasteiger partial charge < -0.3 is 29.5 Å². The van der Waals surface area contributed by atoms with Gasteiger partial charge >= 0.3 is 0 Å². The van der Waals surface area contributed by atoms with Crippen molar-refractivity contribution in [3.8, 4) is 0 Å². The van der Waals surface area contributed by atoms with E-state index in [9.17, 15) is 10.2 Å². The number of aliphatic hydroxyl groups is 3. The fourth-order valence-electron chi connectivity index (χ4n) is 2.24. The van der Waals surface area contributed by atoms with E-state index in [4.69, 9.17) is 19.3 Å². The molecule has 2 heterocycles. The maximum Gasteiger partial charge on any atom is 0.161 e. The van der Waals surface area contributed by atoms with Crippen LogP contribution in [0.2, 0.25) is 0 Å². The van der Waals surface area contributed by atoms with Crippen LogP contribution in [0, 0.1) is 0 Å². The van der Waals surface area contributed by atoms with Crippen molar-refractivity contribution in [1.29, 1.82) is 0 Å². The zero-order valence-corrected chi connectivity index (χ0v) is 9.70. The van der Waals surface area contributed by atoms with E-state index in [-0.39, 0.29) is 18.8 Å². The average Bonchev–Trinajstić information content (AvgIpc) is 2.28. The summed E-state index contributed by atoms with van der Waals surface area (Å²) in [5.74, 6) is 0. The maximum absolute atomic E-state index is 9.61. The van der Waals surface area contributed by atoms with E-state index in [1.807, 2.05) is 0 Å². The van der Waals surface area contributed by atoms with Crippen LogP contribution in [0.5, 0.6) is 0 Å². The Kier molecular flexibility index (Phi) is 4.72. The molecule has 6 heteroatoms. The third kappa shape index (κ3) is 3.87. The van der Waals surface area contributed by atoms with Gasteiger partial charge in [-0.25, -0.2) is 0 Å². The molecule has 2 aliphatic rings. The second kappa shape index (κ2) is 6.08. The van der Waals surface area contributed by atoms with E-state index < -0.39 is 18.5 Å². The van der Waals surface area contributed by atoms with Gasteiger partial charge in [0.25, 0.3) is 0 Å². The first kappa shape index (κ1) is 13.2. The van der Waals surface area contributed by atoms with E-state index >= 15 is 0 Å². The Morgan fingerprint density at radius 1 is 1.06 bits per heavy atom. The molecule has 100 valence electrons. The monoisotopic (exact) mass is 248 g/mol. The quantitative estimate of drug-likeness (QED) is 0.594. The third-order valence-corrected chi connectivity index (χ3v) is 3.04. The largest absolute Gasteiger partial charge is 0.394 e. The Morgan fingerprint density at radius 2 is 1.88 bits per heavy atom. The van der Waals surface area contributed by atoms with E-state index in [1.54, 1.807) is 0 Å². The van der Waals surface area contributed by atoms with Crippen molar-refractivity contribution in [2.24, 2.45) is 0 Å². The van der Waals surface area contributed by atoms with Gasteiger partial charge in [-0.1, -0.05) is 0 Å². The number of ether oxygens (including phenoxy) is 3. The van der Waals surface area contributed by atoms with Crippen molar-refractivity contribution in [3.63, 3.8) is 0 Å². The molecular weight excluding hydrogens is 228 g/mol. The standard InChI is InChI=1S/C11H20O6/c12-4-9-1-7(13)3-11(16-9)17-10-2-8(14)5-15-6-10/h7-14H,1-6H2/t7-,8-,9-,10+,11-/m1/s1. The molecule has 0 aromatic heterocycles. The predicted octanol–water partition coefficient (Wildman–Crippen LogP) is -0.989. The molecule has 3 N–H and O–H groups in total. The highest BCUT2D eigenvalue weighted by Crippen LogP contribution is 2.23. The number of aliphatic hydroxyl groups excluding tert-OH is 3. The fraction of sp³-hybridized carbons (Fsp3) is 1.00. The van der Waals surface area contributed by atoms with Gasteiger partial charge in [0.05, 0.1) is 44.2 Å². The van der Waals surface area contributed by atoms with Crippen LogP contribution in [0.15, 0.2) is 0 Å². The van der Waals surface area contributed by atoms with Crippen molar-refractivity contribution in [1.82, 2.24) is 0 Å². The minimum Gasteiger partial charge on any atom is -0.394 e. The highest BCUT2D eigenvalue weighted by atomic mass is 16.7. The Hall–Kier alpha value is -0.240. The Morgan fingerprint density at radius 3 is 2.59 bits per heavy atom. The molecule has 2 rings (SSSR count). The smallest absolute Gasteiger partial charge is 0.161 e. The highest BCUT2D eigenvalue weighted by molar-refractivity contribution is 4.75. The van der Waals surface area contributed by atoms with Crippen LogP contribution in [0.25, 0.3) is 0 Å². The molecule has 0 unspecified atom stereocenters. The van der Waals surface area contributed by atoms with Crippen molar-refractivity contribution >= 4 is 0 Å². The van der Waals surface area contributed by atoms with E-state index in [1.165, 1.54) is 0 Å². The fourth-order valence-corrected chi connectivity index (χ4v) is 2.24. The summed E-state index contributed by atoms with van der Waals surface area (Å²) >= 11 is 0. The predicted molar refractivity (Wildman–Crippen MR) is 57.3 cm³/mol. The summed E-state index contributed by atoms with van der Waals surface area (Å²) in [5, 5.41) is 28.1. The molecule has 0 aromatic rings. The molecule has 0 aromatic carbocycles. The number of hydrogen-bond donors (Lipinski definition) is 3. The van der Waals surface area contributed by atoms with Crippen LogP contribution < -0.4 is 0 Å². The molecule has 0 amide bonds. The molecule has 2 saturated heterocycles. The van der Waals surface area contributed by atoms with Gasteiger partial charge in [0.15, 0.2) is 6.29 Å². The first-order valence-electron chi connectivity index (χ1n) is 6.03. The molecule has 0 spiro atoms. The SMILES string of the molecule is OC[C@H]1C[C@@H](O)C[C@@H](O[C@@H]2COC[C@H](O)C2)O1. The molecule has 0 radical (unpaired) electrons. The van der Waals surface area contributed by atoms with Crippen molar-refractivity contribution in [2.45, 2.75) is 50.0 Å². The van der Waals surface area contributed by atoms with Gasteiger partial charge in [0.2, 0.25) is 0 Å². The number of rotatable bonds is 3. The van der Waals surface area contributed by atoms with E-state index in [0.29, 0.717) is 32.5 Å². The highest BCUT2D eigenvalue weighted by Gasteiger charge is 2.32. The van der Waals surface area contributed by atoms with Gasteiger partial charge in [-0.3, -0.25) is 0 Å². The second-order valence-corrected chi connectivity index (χ2v) is 4.68. The summed E-state index contributed by atoms with van der Waals surface area (Å²) in [7, 11) is 0. The van der Waals surface area contributed by atoms with Crippen molar-refractivity contribution in [3.05, 3.63) is 0 Å². The summed E-state index contributed by atoms with van der Waals surface area (Å²) in [6, 6.07) is 0. The number of hydrogen-bond acceptors (Lipinski definition) is 6. The molecule has 2 aliphatic heterocycles.